The summed E-state index contributed by atoms with van der Waals surface area (Å²) in [5, 5.41) is 0. The first-order chi connectivity index (χ1) is 6.61. The molecule has 0 bridgehead atoms. The van der Waals surface area contributed by atoms with Crippen LogP contribution in [-0.2, 0) is 6.54 Å². The maximum atomic E-state index is 4.33. The van der Waals surface area contributed by atoms with E-state index in [1.54, 1.807) is 0 Å². The predicted octanol–water partition coefficient (Wildman–Crippen LogP) is 3.67. The number of rotatable bonds is 2. The molecule has 2 nitrogen and oxygen atoms in total. The van der Waals surface area contributed by atoms with Gasteiger partial charge in [0, 0.05) is 6.54 Å². The third-order valence-corrected chi connectivity index (χ3v) is 6.05. The van der Waals surface area contributed by atoms with Gasteiger partial charge in [-0.15, -0.1) is 0 Å². The molecule has 1 aliphatic carbocycles. The zero-order chi connectivity index (χ0) is 10.2. The second kappa shape index (κ2) is 4.27. The van der Waals surface area contributed by atoms with Gasteiger partial charge in [-0.05, 0) is 63.4 Å². The Labute approximate surface area is 112 Å². The molecule has 0 saturated heterocycles. The minimum absolute atomic E-state index is 0.518. The van der Waals surface area contributed by atoms with Crippen LogP contribution in [0.5, 0.6) is 0 Å². The molecule has 0 radical (unpaired) electrons. The van der Waals surface area contributed by atoms with Gasteiger partial charge in [0.2, 0.25) is 0 Å². The van der Waals surface area contributed by atoms with Crippen molar-refractivity contribution in [2.45, 2.75) is 39.2 Å². The van der Waals surface area contributed by atoms with E-state index >= 15 is 0 Å². The number of hydrogen-bond donors (Lipinski definition) is 0. The van der Waals surface area contributed by atoms with Gasteiger partial charge in [0.1, 0.15) is 7.40 Å². The van der Waals surface area contributed by atoms with Crippen LogP contribution in [0.1, 0.15) is 32.6 Å². The van der Waals surface area contributed by atoms with E-state index in [0.29, 0.717) is 5.41 Å². The van der Waals surface area contributed by atoms with Crippen LogP contribution in [0, 0.1) is 12.8 Å². The molecular formula is C10H14I2N2. The monoisotopic (exact) mass is 416 g/mol. The summed E-state index contributed by atoms with van der Waals surface area (Å²) in [7, 11) is 0. The zero-order valence-corrected chi connectivity index (χ0v) is 12.6. The smallest absolute Gasteiger partial charge is 0.132 e. The van der Waals surface area contributed by atoms with Crippen LogP contribution in [0.3, 0.4) is 0 Å². The molecule has 0 N–H and O–H groups in total. The topological polar surface area (TPSA) is 17.8 Å². The predicted molar refractivity (Wildman–Crippen MR) is 74.2 cm³/mol. The maximum Gasteiger partial charge on any atom is 0.132 e. The van der Waals surface area contributed by atoms with Crippen molar-refractivity contribution in [1.82, 2.24) is 9.55 Å². The quantitative estimate of drug-likeness (QED) is 0.674. The SMILES string of the molecule is CC1(Cn2cnc(I)c2I)CCCC1. The molecule has 0 aliphatic heterocycles. The summed E-state index contributed by atoms with van der Waals surface area (Å²) in [5.41, 5.74) is 0.518. The Kier molecular flexibility index (Phi) is 3.41. The molecule has 1 saturated carbocycles. The second-order valence-electron chi connectivity index (χ2n) is 4.47. The van der Waals surface area contributed by atoms with Gasteiger partial charge >= 0.3 is 0 Å². The highest BCUT2D eigenvalue weighted by Gasteiger charge is 2.29. The van der Waals surface area contributed by atoms with Crippen molar-refractivity contribution < 1.29 is 0 Å². The Morgan fingerprint density at radius 1 is 1.43 bits per heavy atom. The fourth-order valence-corrected chi connectivity index (χ4v) is 3.12. The van der Waals surface area contributed by atoms with Gasteiger partial charge in [-0.2, -0.15) is 0 Å². The normalized spacial score (nSPS) is 20.2. The van der Waals surface area contributed by atoms with E-state index in [1.807, 2.05) is 6.33 Å². The van der Waals surface area contributed by atoms with Crippen molar-refractivity contribution >= 4 is 45.2 Å². The van der Waals surface area contributed by atoms with E-state index < -0.39 is 0 Å². The van der Waals surface area contributed by atoms with E-state index in [1.165, 1.54) is 29.4 Å². The fourth-order valence-electron chi connectivity index (χ4n) is 2.25. The summed E-state index contributed by atoms with van der Waals surface area (Å²) < 4.78 is 4.72. The number of aromatic nitrogens is 2. The van der Waals surface area contributed by atoms with E-state index in [0.717, 1.165) is 10.2 Å². The number of hydrogen-bond acceptors (Lipinski definition) is 1. The minimum Gasteiger partial charge on any atom is -0.325 e. The highest BCUT2D eigenvalue weighted by atomic mass is 127. The summed E-state index contributed by atoms with van der Waals surface area (Å²) in [6, 6.07) is 0. The van der Waals surface area contributed by atoms with Crippen molar-refractivity contribution in [1.29, 1.82) is 0 Å². The van der Waals surface area contributed by atoms with Crippen molar-refractivity contribution in [3.05, 3.63) is 13.7 Å². The van der Waals surface area contributed by atoms with Crippen LogP contribution in [-0.4, -0.2) is 9.55 Å². The lowest BCUT2D eigenvalue weighted by Gasteiger charge is -2.24. The van der Waals surface area contributed by atoms with Crippen molar-refractivity contribution in [3.63, 3.8) is 0 Å². The van der Waals surface area contributed by atoms with Gasteiger partial charge in [0.15, 0.2) is 0 Å². The Morgan fingerprint density at radius 3 is 2.57 bits per heavy atom. The van der Waals surface area contributed by atoms with Crippen LogP contribution >= 0.6 is 45.2 Å². The van der Waals surface area contributed by atoms with E-state index in [4.69, 9.17) is 0 Å². The van der Waals surface area contributed by atoms with Crippen LogP contribution in [0.4, 0.5) is 0 Å². The van der Waals surface area contributed by atoms with Crippen LogP contribution < -0.4 is 0 Å². The lowest BCUT2D eigenvalue weighted by Crippen LogP contribution is -2.19. The molecule has 14 heavy (non-hydrogen) atoms. The summed E-state index contributed by atoms with van der Waals surface area (Å²) >= 11 is 4.68. The van der Waals surface area contributed by atoms with E-state index in [9.17, 15) is 0 Å². The minimum atomic E-state index is 0.518. The molecule has 78 valence electrons. The van der Waals surface area contributed by atoms with Gasteiger partial charge in [-0.3, -0.25) is 0 Å². The number of imidazole rings is 1. The van der Waals surface area contributed by atoms with Crippen molar-refractivity contribution in [3.8, 4) is 0 Å². The van der Waals surface area contributed by atoms with Gasteiger partial charge in [0.05, 0.1) is 6.33 Å². The zero-order valence-electron chi connectivity index (χ0n) is 8.26. The Morgan fingerprint density at radius 2 is 2.07 bits per heavy atom. The summed E-state index contributed by atoms with van der Waals surface area (Å²) in [6.45, 7) is 3.55. The summed E-state index contributed by atoms with van der Waals surface area (Å²) in [5.74, 6) is 0. The molecule has 1 fully saturated rings. The molecule has 0 unspecified atom stereocenters. The summed E-state index contributed by atoms with van der Waals surface area (Å²) in [6.07, 6.45) is 7.53. The van der Waals surface area contributed by atoms with E-state index in [-0.39, 0.29) is 0 Å². The first-order valence-electron chi connectivity index (χ1n) is 4.97. The molecule has 1 aromatic rings. The largest absolute Gasteiger partial charge is 0.325 e. The molecule has 2 rings (SSSR count). The van der Waals surface area contributed by atoms with Crippen LogP contribution in [0.15, 0.2) is 6.33 Å². The second-order valence-corrected chi connectivity index (χ2v) is 6.52. The third kappa shape index (κ3) is 2.25. The maximum absolute atomic E-state index is 4.33. The number of nitrogens with zero attached hydrogens (tertiary/aromatic N) is 2. The Bertz CT molecular complexity index is 327. The average Bonchev–Trinajstić information content (AvgIpc) is 2.68. The molecule has 0 spiro atoms. The first kappa shape index (κ1) is 11.2. The molecule has 0 atom stereocenters. The first-order valence-corrected chi connectivity index (χ1v) is 7.13. The van der Waals surface area contributed by atoms with Crippen molar-refractivity contribution in [2.75, 3.05) is 0 Å². The van der Waals surface area contributed by atoms with Gasteiger partial charge in [-0.1, -0.05) is 19.8 Å². The van der Waals surface area contributed by atoms with Gasteiger partial charge in [0.25, 0.3) is 0 Å². The fraction of sp³-hybridized carbons (Fsp3) is 0.700. The molecule has 4 heteroatoms. The average molecular weight is 416 g/mol. The highest BCUT2D eigenvalue weighted by Crippen LogP contribution is 2.39. The van der Waals surface area contributed by atoms with Crippen LogP contribution in [0.25, 0.3) is 0 Å². The standard InChI is InChI=1S/C10H14I2N2/c1-10(4-2-3-5-10)6-14-7-13-8(11)9(14)12/h7H,2-6H2,1H3. The lowest BCUT2D eigenvalue weighted by atomic mass is 9.89. The third-order valence-electron chi connectivity index (χ3n) is 3.10. The van der Waals surface area contributed by atoms with Gasteiger partial charge < -0.3 is 4.57 Å². The Balaban J connectivity index is 2.14. The van der Waals surface area contributed by atoms with E-state index in [2.05, 4.69) is 61.7 Å². The number of halogens is 2. The molecule has 0 aromatic carbocycles. The summed E-state index contributed by atoms with van der Waals surface area (Å²) in [4.78, 5) is 4.33. The molecule has 1 heterocycles. The highest BCUT2D eigenvalue weighted by molar-refractivity contribution is 14.1. The lowest BCUT2D eigenvalue weighted by molar-refractivity contribution is 0.279. The molecule has 1 aliphatic rings. The van der Waals surface area contributed by atoms with Crippen LogP contribution in [0.2, 0.25) is 0 Å². The Hall–Kier alpha value is 0.670. The molecule has 1 aromatic heterocycles. The molecular weight excluding hydrogens is 402 g/mol. The molecule has 0 amide bonds. The van der Waals surface area contributed by atoms with Crippen molar-refractivity contribution in [2.24, 2.45) is 5.41 Å². The van der Waals surface area contributed by atoms with Gasteiger partial charge in [-0.25, -0.2) is 4.98 Å².